The Bertz CT molecular complexity index is 1410. The molecule has 0 aliphatic heterocycles. The van der Waals surface area contributed by atoms with Crippen molar-refractivity contribution in [1.29, 1.82) is 0 Å². The number of hydrogen-bond acceptors (Lipinski definition) is 4. The Morgan fingerprint density at radius 2 is 1.57 bits per heavy atom. The number of nitrogens with one attached hydrogen (secondary N) is 1. The molecule has 212 valence electrons. The second-order valence-electron chi connectivity index (χ2n) is 9.93. The van der Waals surface area contributed by atoms with Crippen LogP contribution in [0.25, 0.3) is 0 Å². The number of para-hydroxylation sites is 1. The van der Waals surface area contributed by atoms with Crippen molar-refractivity contribution in [1.82, 2.24) is 10.2 Å². The third-order valence-corrected chi connectivity index (χ3v) is 9.30. The molecule has 1 aliphatic rings. The van der Waals surface area contributed by atoms with Gasteiger partial charge in [-0.3, -0.25) is 13.9 Å². The van der Waals surface area contributed by atoms with Crippen LogP contribution in [0.4, 0.5) is 10.1 Å². The summed E-state index contributed by atoms with van der Waals surface area (Å²) >= 11 is 6.40. The molecule has 1 saturated carbocycles. The van der Waals surface area contributed by atoms with Crippen LogP contribution in [0, 0.1) is 5.82 Å². The van der Waals surface area contributed by atoms with Crippen LogP contribution in [0.1, 0.15) is 44.6 Å². The smallest absolute Gasteiger partial charge is 0.264 e. The van der Waals surface area contributed by atoms with Crippen LogP contribution in [0.5, 0.6) is 0 Å². The van der Waals surface area contributed by atoms with Crippen LogP contribution in [0.3, 0.4) is 0 Å². The number of amides is 2. The molecular formula is C30H33ClFN3O4S. The highest BCUT2D eigenvalue weighted by molar-refractivity contribution is 7.92. The van der Waals surface area contributed by atoms with Crippen LogP contribution >= 0.6 is 11.6 Å². The molecule has 10 heteroatoms. The third-order valence-electron chi connectivity index (χ3n) is 7.14. The van der Waals surface area contributed by atoms with Crippen molar-refractivity contribution in [3.8, 4) is 0 Å². The highest BCUT2D eigenvalue weighted by Crippen LogP contribution is 2.26. The summed E-state index contributed by atoms with van der Waals surface area (Å²) < 4.78 is 42.0. The maximum atomic E-state index is 13.9. The van der Waals surface area contributed by atoms with E-state index in [0.717, 1.165) is 60.7 Å². The van der Waals surface area contributed by atoms with Gasteiger partial charge in [0.05, 0.1) is 10.6 Å². The topological polar surface area (TPSA) is 86.8 Å². The maximum Gasteiger partial charge on any atom is 0.264 e. The molecule has 3 aromatic carbocycles. The molecule has 1 aliphatic carbocycles. The lowest BCUT2D eigenvalue weighted by Crippen LogP contribution is -2.53. The molecule has 1 unspecified atom stereocenters. The summed E-state index contributed by atoms with van der Waals surface area (Å²) in [5, 5.41) is 3.50. The van der Waals surface area contributed by atoms with Crippen LogP contribution in [0.15, 0.2) is 83.8 Å². The Kier molecular flexibility index (Phi) is 9.81. The van der Waals surface area contributed by atoms with Gasteiger partial charge < -0.3 is 10.2 Å². The molecule has 2 amide bonds. The average molecular weight is 586 g/mol. The molecule has 40 heavy (non-hydrogen) atoms. The van der Waals surface area contributed by atoms with E-state index in [1.807, 2.05) is 0 Å². The molecule has 1 N–H and O–H groups in total. The van der Waals surface area contributed by atoms with Gasteiger partial charge in [-0.15, -0.1) is 0 Å². The van der Waals surface area contributed by atoms with Crippen molar-refractivity contribution in [2.75, 3.05) is 10.8 Å². The number of rotatable bonds is 10. The summed E-state index contributed by atoms with van der Waals surface area (Å²) in [6, 6.07) is 18.8. The first kappa shape index (κ1) is 29.6. The number of hydrogen-bond donors (Lipinski definition) is 1. The summed E-state index contributed by atoms with van der Waals surface area (Å²) in [6.07, 6.45) is 4.98. The number of anilines is 1. The van der Waals surface area contributed by atoms with Crippen molar-refractivity contribution in [3.05, 3.63) is 95.3 Å². The fourth-order valence-corrected chi connectivity index (χ4v) is 6.43. The lowest BCUT2D eigenvalue weighted by Gasteiger charge is -2.33. The Hall–Kier alpha value is -3.43. The van der Waals surface area contributed by atoms with Crippen molar-refractivity contribution in [2.45, 2.75) is 62.6 Å². The van der Waals surface area contributed by atoms with Gasteiger partial charge in [-0.25, -0.2) is 12.8 Å². The second kappa shape index (κ2) is 13.3. The summed E-state index contributed by atoms with van der Waals surface area (Å²) in [5.41, 5.74) is 0.889. The number of sulfonamides is 1. The van der Waals surface area contributed by atoms with Gasteiger partial charge in [-0.2, -0.15) is 0 Å². The van der Waals surface area contributed by atoms with E-state index in [4.69, 9.17) is 11.6 Å². The van der Waals surface area contributed by atoms with Gasteiger partial charge in [0.15, 0.2) is 0 Å². The molecular weight excluding hydrogens is 553 g/mol. The summed E-state index contributed by atoms with van der Waals surface area (Å²) in [6.45, 7) is 1.07. The van der Waals surface area contributed by atoms with E-state index in [1.165, 1.54) is 4.90 Å². The molecule has 3 aromatic rings. The highest BCUT2D eigenvalue weighted by atomic mass is 35.5. The van der Waals surface area contributed by atoms with E-state index in [2.05, 4.69) is 5.32 Å². The van der Waals surface area contributed by atoms with Gasteiger partial charge in [-0.1, -0.05) is 67.3 Å². The van der Waals surface area contributed by atoms with Crippen LogP contribution in [0.2, 0.25) is 5.02 Å². The number of carbonyl (C=O) groups excluding carboxylic acids is 2. The van der Waals surface area contributed by atoms with Gasteiger partial charge >= 0.3 is 0 Å². The quantitative estimate of drug-likeness (QED) is 0.338. The second-order valence-corrected chi connectivity index (χ2v) is 12.2. The van der Waals surface area contributed by atoms with Crippen LogP contribution < -0.4 is 9.62 Å². The van der Waals surface area contributed by atoms with E-state index in [1.54, 1.807) is 61.5 Å². The Labute approximate surface area is 240 Å². The van der Waals surface area contributed by atoms with Gasteiger partial charge in [-0.05, 0) is 67.8 Å². The Morgan fingerprint density at radius 3 is 2.23 bits per heavy atom. The average Bonchev–Trinajstić information content (AvgIpc) is 2.96. The molecule has 0 aromatic heterocycles. The predicted octanol–water partition coefficient (Wildman–Crippen LogP) is 5.54. The third kappa shape index (κ3) is 7.20. The fourth-order valence-electron chi connectivity index (χ4n) is 4.82. The van der Waals surface area contributed by atoms with E-state index >= 15 is 0 Å². The molecule has 0 spiro atoms. The molecule has 0 saturated heterocycles. The minimum atomic E-state index is -4.26. The van der Waals surface area contributed by atoms with E-state index in [0.29, 0.717) is 10.6 Å². The van der Waals surface area contributed by atoms with Crippen molar-refractivity contribution in [2.24, 2.45) is 0 Å². The number of nitrogens with zero attached hydrogens (tertiary/aromatic N) is 2. The van der Waals surface area contributed by atoms with E-state index in [9.17, 15) is 22.4 Å². The minimum Gasteiger partial charge on any atom is -0.352 e. The fraction of sp³-hybridized carbons (Fsp3) is 0.333. The Balaban J connectivity index is 1.66. The van der Waals surface area contributed by atoms with Gasteiger partial charge in [0, 0.05) is 17.6 Å². The number of carbonyl (C=O) groups is 2. The zero-order valence-electron chi connectivity index (χ0n) is 22.3. The maximum absolute atomic E-state index is 13.9. The first-order chi connectivity index (χ1) is 19.2. The van der Waals surface area contributed by atoms with Crippen molar-refractivity contribution < 1.29 is 22.4 Å². The summed E-state index contributed by atoms with van der Waals surface area (Å²) in [7, 11) is -4.26. The largest absolute Gasteiger partial charge is 0.352 e. The van der Waals surface area contributed by atoms with Gasteiger partial charge in [0.1, 0.15) is 18.4 Å². The first-order valence-electron chi connectivity index (χ1n) is 13.3. The van der Waals surface area contributed by atoms with Crippen molar-refractivity contribution in [3.63, 3.8) is 0 Å². The van der Waals surface area contributed by atoms with Crippen molar-refractivity contribution >= 4 is 39.1 Å². The molecule has 7 nitrogen and oxygen atoms in total. The zero-order valence-corrected chi connectivity index (χ0v) is 23.9. The van der Waals surface area contributed by atoms with Crippen LogP contribution in [-0.4, -0.2) is 43.8 Å². The van der Waals surface area contributed by atoms with Gasteiger partial charge in [0.25, 0.3) is 10.0 Å². The first-order valence-corrected chi connectivity index (χ1v) is 15.1. The molecule has 0 bridgehead atoms. The SMILES string of the molecule is CC(C(=O)NC1CCCCC1)N(Cc1ccccc1Cl)C(=O)CN(c1ccccc1)S(=O)(=O)c1ccc(F)cc1. The van der Waals surface area contributed by atoms with E-state index in [-0.39, 0.29) is 29.1 Å². The van der Waals surface area contributed by atoms with Gasteiger partial charge in [0.2, 0.25) is 11.8 Å². The number of halogens is 2. The lowest BCUT2D eigenvalue weighted by molar-refractivity contribution is -0.139. The predicted molar refractivity (Wildman–Crippen MR) is 154 cm³/mol. The normalized spacial score (nSPS) is 14.8. The molecule has 1 fully saturated rings. The standard InChI is InChI=1S/C30H33ClFN3O4S/c1-22(30(37)33-25-11-4-2-5-12-25)34(20-23-10-8-9-15-28(23)31)29(36)21-35(26-13-6-3-7-14-26)40(38,39)27-18-16-24(32)17-19-27/h3,6-10,13-19,22,25H,2,4-5,11-12,20-21H2,1H3,(H,33,37). The monoisotopic (exact) mass is 585 g/mol. The van der Waals surface area contributed by atoms with Crippen LogP contribution in [-0.2, 0) is 26.2 Å². The summed E-state index contributed by atoms with van der Waals surface area (Å²) in [4.78, 5) is 28.5. The zero-order chi connectivity index (χ0) is 28.7. The molecule has 0 heterocycles. The number of benzene rings is 3. The highest BCUT2D eigenvalue weighted by Gasteiger charge is 2.33. The van der Waals surface area contributed by atoms with E-state index < -0.39 is 34.3 Å². The Morgan fingerprint density at radius 1 is 0.950 bits per heavy atom. The minimum absolute atomic E-state index is 0.0109. The molecule has 0 radical (unpaired) electrons. The molecule has 4 rings (SSSR count). The lowest BCUT2D eigenvalue weighted by atomic mass is 9.95. The molecule has 1 atom stereocenters. The summed E-state index contributed by atoms with van der Waals surface area (Å²) in [5.74, 6) is -1.47.